The molecule has 1 N–H and O–H groups in total. The number of hydrogen-bond acceptors (Lipinski definition) is 4. The fourth-order valence-electron chi connectivity index (χ4n) is 7.29. The lowest BCUT2D eigenvalue weighted by Crippen LogP contribution is -2.46. The normalized spacial score (nSPS) is 32.6. The molecule has 5 atom stereocenters. The molecule has 1 amide bonds. The van der Waals surface area contributed by atoms with Gasteiger partial charge in [-0.15, -0.1) is 0 Å². The number of rotatable bonds is 0. The van der Waals surface area contributed by atoms with Crippen molar-refractivity contribution in [2.24, 2.45) is 23.7 Å². The summed E-state index contributed by atoms with van der Waals surface area (Å²) in [6, 6.07) is 12.4. The zero-order valence-corrected chi connectivity index (χ0v) is 23.0. The summed E-state index contributed by atoms with van der Waals surface area (Å²) < 4.78 is 9.68. The Balaban J connectivity index is 1.25. The number of anilines is 1. The van der Waals surface area contributed by atoms with Crippen LogP contribution in [0.5, 0.6) is 5.75 Å². The maximum atomic E-state index is 13.1. The highest BCUT2D eigenvalue weighted by atomic mass is 35.5. The zero-order chi connectivity index (χ0) is 25.1. The fraction of sp³-hybridized carbons (Fsp3) is 0.516. The fourth-order valence-corrected chi connectivity index (χ4v) is 8.33. The largest absolute Gasteiger partial charge is 0.490 e. The molecule has 0 aromatic heterocycles. The number of carbonyl (C=O) groups excluding carboxylic acids is 1. The van der Waals surface area contributed by atoms with Gasteiger partial charge in [-0.2, -0.15) is 0 Å². The second-order valence-electron chi connectivity index (χ2n) is 12.1. The lowest BCUT2D eigenvalue weighted by molar-refractivity contribution is 0.0984. The Morgan fingerprint density at radius 3 is 2.84 bits per heavy atom. The highest BCUT2D eigenvalue weighted by molar-refractivity contribution is 7.97. The Morgan fingerprint density at radius 2 is 2.00 bits per heavy atom. The first-order valence-electron chi connectivity index (χ1n) is 13.9. The topological polar surface area (TPSA) is 41.6 Å². The summed E-state index contributed by atoms with van der Waals surface area (Å²) in [6.45, 7) is 4.92. The van der Waals surface area contributed by atoms with Gasteiger partial charge in [-0.25, -0.2) is 0 Å². The van der Waals surface area contributed by atoms with Crippen LogP contribution in [-0.2, 0) is 11.8 Å². The SMILES string of the molecule is CC1CSNC(=O)c2ccc3c(c2)N(CC2CCC2CC2=CC1C2)CC1(CCc2cc(Cl)ccc21)CO3. The number of amides is 1. The van der Waals surface area contributed by atoms with Gasteiger partial charge in [0.15, 0.2) is 0 Å². The summed E-state index contributed by atoms with van der Waals surface area (Å²) in [4.78, 5) is 15.7. The molecule has 1 fully saturated rings. The first kappa shape index (κ1) is 24.0. The van der Waals surface area contributed by atoms with Gasteiger partial charge in [0.1, 0.15) is 5.75 Å². The summed E-state index contributed by atoms with van der Waals surface area (Å²) >= 11 is 7.91. The maximum Gasteiger partial charge on any atom is 0.261 e. The van der Waals surface area contributed by atoms with E-state index >= 15 is 0 Å². The minimum atomic E-state index is -0.0584. The van der Waals surface area contributed by atoms with E-state index in [0.717, 1.165) is 54.1 Å². The molecular weight excluding hydrogens is 500 g/mol. The standard InChI is InChI=1S/C31H35ClN2O2S/c1-19-16-37-33-30(35)23-4-7-29-28(14-23)34(15-24-3-2-21(24)10-20-11-25(19)12-20)17-31(18-36-29)9-8-22-13-26(32)5-6-27(22)31/h4-7,11,13-14,19,21,24-25H,2-3,8-10,12,15-18H2,1H3,(H,33,35). The van der Waals surface area contributed by atoms with Crippen molar-refractivity contribution in [3.8, 4) is 5.75 Å². The highest BCUT2D eigenvalue weighted by Crippen LogP contribution is 2.49. The van der Waals surface area contributed by atoms with E-state index in [-0.39, 0.29) is 11.3 Å². The van der Waals surface area contributed by atoms with E-state index in [1.807, 2.05) is 18.2 Å². The number of carbonyl (C=O) groups is 1. The van der Waals surface area contributed by atoms with Crippen molar-refractivity contribution in [3.63, 3.8) is 0 Å². The van der Waals surface area contributed by atoms with Gasteiger partial charge in [0.05, 0.1) is 12.3 Å². The van der Waals surface area contributed by atoms with E-state index in [2.05, 4.69) is 40.8 Å². The molecule has 0 radical (unpaired) electrons. The van der Waals surface area contributed by atoms with Gasteiger partial charge in [-0.05, 0) is 116 Å². The van der Waals surface area contributed by atoms with E-state index in [4.69, 9.17) is 16.3 Å². The number of benzene rings is 2. The number of halogens is 1. The third-order valence-electron chi connectivity index (χ3n) is 9.81. The highest BCUT2D eigenvalue weighted by Gasteiger charge is 2.45. The van der Waals surface area contributed by atoms with Crippen LogP contribution in [0.15, 0.2) is 48.0 Å². The van der Waals surface area contributed by atoms with Crippen LogP contribution in [0.25, 0.3) is 0 Å². The summed E-state index contributed by atoms with van der Waals surface area (Å²) in [6.07, 6.45) is 9.77. The van der Waals surface area contributed by atoms with Crippen LogP contribution in [0, 0.1) is 23.7 Å². The molecule has 4 nitrogen and oxygen atoms in total. The molecule has 8 rings (SSSR count). The second kappa shape index (κ2) is 9.27. The first-order chi connectivity index (χ1) is 18.0. The minimum Gasteiger partial charge on any atom is -0.490 e. The second-order valence-corrected chi connectivity index (χ2v) is 13.4. The van der Waals surface area contributed by atoms with Crippen LogP contribution in [0.1, 0.15) is 60.5 Å². The molecule has 0 saturated heterocycles. The van der Waals surface area contributed by atoms with Crippen LogP contribution >= 0.6 is 23.5 Å². The third kappa shape index (κ3) is 4.27. The van der Waals surface area contributed by atoms with Gasteiger partial charge in [0.2, 0.25) is 0 Å². The van der Waals surface area contributed by atoms with Crippen LogP contribution in [0.4, 0.5) is 5.69 Å². The predicted molar refractivity (Wildman–Crippen MR) is 152 cm³/mol. The smallest absolute Gasteiger partial charge is 0.261 e. The molecule has 37 heavy (non-hydrogen) atoms. The van der Waals surface area contributed by atoms with E-state index < -0.39 is 0 Å². The Labute approximate surface area is 229 Å². The lowest BCUT2D eigenvalue weighted by Gasteiger charge is -2.44. The zero-order valence-electron chi connectivity index (χ0n) is 21.5. The molecule has 3 heterocycles. The number of aryl methyl sites for hydroxylation is 1. The van der Waals surface area contributed by atoms with Crippen molar-refractivity contribution in [1.29, 1.82) is 0 Å². The number of ether oxygens (including phenoxy) is 1. The maximum absolute atomic E-state index is 13.1. The molecule has 2 aromatic carbocycles. The van der Waals surface area contributed by atoms with Crippen molar-refractivity contribution >= 4 is 35.1 Å². The number of hydrogen-bond donors (Lipinski definition) is 1. The van der Waals surface area contributed by atoms with Gasteiger partial charge in [-0.1, -0.05) is 36.2 Å². The average Bonchev–Trinajstić information content (AvgIpc) is 3.11. The minimum absolute atomic E-state index is 0.0155. The summed E-state index contributed by atoms with van der Waals surface area (Å²) in [5.74, 6) is 4.53. The third-order valence-corrected chi connectivity index (χ3v) is 11.1. The molecule has 3 aliphatic carbocycles. The van der Waals surface area contributed by atoms with Crippen molar-refractivity contribution in [1.82, 2.24) is 4.72 Å². The van der Waals surface area contributed by atoms with E-state index in [9.17, 15) is 4.79 Å². The van der Waals surface area contributed by atoms with Crippen molar-refractivity contribution in [2.75, 3.05) is 30.3 Å². The summed E-state index contributed by atoms with van der Waals surface area (Å²) in [5, 5.41) is 0.811. The number of fused-ring (bicyclic) bond motifs is 6. The molecule has 6 aliphatic rings. The molecule has 2 aromatic rings. The summed E-state index contributed by atoms with van der Waals surface area (Å²) in [7, 11) is 0. The van der Waals surface area contributed by atoms with Gasteiger partial charge >= 0.3 is 0 Å². The number of nitrogens with zero attached hydrogens (tertiary/aromatic N) is 1. The number of allylic oxidation sites excluding steroid dienone is 2. The van der Waals surface area contributed by atoms with Gasteiger partial charge in [0.25, 0.3) is 5.91 Å². The quantitative estimate of drug-likeness (QED) is 0.297. The lowest BCUT2D eigenvalue weighted by atomic mass is 9.66. The molecule has 6 heteroatoms. The molecule has 1 spiro atoms. The molecule has 3 aliphatic heterocycles. The van der Waals surface area contributed by atoms with Crippen molar-refractivity contribution < 1.29 is 9.53 Å². The summed E-state index contributed by atoms with van der Waals surface area (Å²) in [5.41, 5.74) is 6.13. The van der Waals surface area contributed by atoms with E-state index in [1.54, 1.807) is 17.5 Å². The van der Waals surface area contributed by atoms with Crippen molar-refractivity contribution in [3.05, 3.63) is 69.8 Å². The molecule has 5 unspecified atom stereocenters. The predicted octanol–water partition coefficient (Wildman–Crippen LogP) is 6.81. The molecule has 1 saturated carbocycles. The molecule has 194 valence electrons. The van der Waals surface area contributed by atoms with Gasteiger partial charge < -0.3 is 9.64 Å². The van der Waals surface area contributed by atoms with Crippen LogP contribution in [0.3, 0.4) is 0 Å². The van der Waals surface area contributed by atoms with E-state index in [0.29, 0.717) is 29.9 Å². The number of nitrogens with one attached hydrogen (secondary N) is 1. The average molecular weight is 535 g/mol. The first-order valence-corrected chi connectivity index (χ1v) is 15.3. The molecule has 4 bridgehead atoms. The van der Waals surface area contributed by atoms with Gasteiger partial charge in [-0.3, -0.25) is 9.52 Å². The Kier molecular flexibility index (Phi) is 6.00. The van der Waals surface area contributed by atoms with Gasteiger partial charge in [0, 0.05) is 34.8 Å². The monoisotopic (exact) mass is 534 g/mol. The van der Waals surface area contributed by atoms with Crippen LogP contribution < -0.4 is 14.4 Å². The Hall–Kier alpha value is -2.11. The van der Waals surface area contributed by atoms with Crippen LogP contribution in [-0.4, -0.2) is 31.4 Å². The van der Waals surface area contributed by atoms with Crippen molar-refractivity contribution in [2.45, 2.75) is 50.9 Å². The van der Waals surface area contributed by atoms with E-state index in [1.165, 1.54) is 36.8 Å². The Bertz CT molecular complexity index is 1280. The Morgan fingerprint density at radius 1 is 1.14 bits per heavy atom. The van der Waals surface area contributed by atoms with Crippen LogP contribution in [0.2, 0.25) is 5.02 Å². The molecular formula is C31H35ClN2O2S.